The Morgan fingerprint density at radius 3 is 2.86 bits per heavy atom. The number of rotatable bonds is 3. The van der Waals surface area contributed by atoms with Crippen molar-refractivity contribution >= 4 is 12.2 Å². The first-order valence-electron chi connectivity index (χ1n) is 4.66. The van der Waals surface area contributed by atoms with Gasteiger partial charge in [0, 0.05) is 17.2 Å². The van der Waals surface area contributed by atoms with Crippen molar-refractivity contribution in [2.45, 2.75) is 18.9 Å². The molecule has 0 aromatic heterocycles. The molecule has 1 amide bonds. The Morgan fingerprint density at radius 1 is 1.43 bits per heavy atom. The quantitative estimate of drug-likeness (QED) is 0.730. The molecule has 1 N–H and O–H groups in total. The lowest BCUT2D eigenvalue weighted by atomic mass is 10.1. The van der Waals surface area contributed by atoms with Gasteiger partial charge in [-0.25, -0.2) is 0 Å². The second kappa shape index (κ2) is 3.62. The van der Waals surface area contributed by atoms with Crippen LogP contribution in [0.1, 0.15) is 33.6 Å². The standard InChI is InChI=1S/C11H11NO2/c13-7-8-2-1-3-9(6-8)11(14)12-10-4-5-10/h1-3,6-7,10H,4-5H2,(H,12,14). The van der Waals surface area contributed by atoms with E-state index in [1.54, 1.807) is 24.3 Å². The summed E-state index contributed by atoms with van der Waals surface area (Å²) in [6.45, 7) is 0. The molecule has 1 aliphatic carbocycles. The van der Waals surface area contributed by atoms with Gasteiger partial charge in [0.2, 0.25) is 0 Å². The number of carbonyl (C=O) groups excluding carboxylic acids is 2. The molecule has 0 atom stereocenters. The van der Waals surface area contributed by atoms with Crippen LogP contribution in [-0.2, 0) is 0 Å². The highest BCUT2D eigenvalue weighted by Crippen LogP contribution is 2.19. The number of hydrogen-bond acceptors (Lipinski definition) is 2. The number of hydrogen-bond donors (Lipinski definition) is 1. The van der Waals surface area contributed by atoms with Crippen molar-refractivity contribution in [3.05, 3.63) is 35.4 Å². The SMILES string of the molecule is O=Cc1cccc(C(=O)NC2CC2)c1. The molecule has 0 unspecified atom stereocenters. The van der Waals surface area contributed by atoms with E-state index in [0.29, 0.717) is 17.2 Å². The predicted octanol–water partition coefficient (Wildman–Crippen LogP) is 1.39. The minimum atomic E-state index is -0.0869. The predicted molar refractivity (Wildman–Crippen MR) is 52.3 cm³/mol. The maximum absolute atomic E-state index is 11.5. The molecule has 3 nitrogen and oxygen atoms in total. The molecule has 14 heavy (non-hydrogen) atoms. The normalized spacial score (nSPS) is 14.9. The number of nitrogens with one attached hydrogen (secondary N) is 1. The molecule has 0 aliphatic heterocycles. The van der Waals surface area contributed by atoms with Crippen molar-refractivity contribution in [1.29, 1.82) is 0 Å². The van der Waals surface area contributed by atoms with Gasteiger partial charge in [0.25, 0.3) is 5.91 Å². The minimum absolute atomic E-state index is 0.0869. The first kappa shape index (κ1) is 8.94. The number of amides is 1. The Morgan fingerprint density at radius 2 is 2.21 bits per heavy atom. The Bertz CT molecular complexity index is 369. The van der Waals surface area contributed by atoms with Gasteiger partial charge in [0.15, 0.2) is 0 Å². The number of aldehydes is 1. The van der Waals surface area contributed by atoms with Crippen LogP contribution in [0.15, 0.2) is 24.3 Å². The molecule has 1 aliphatic rings. The molecule has 3 heteroatoms. The summed E-state index contributed by atoms with van der Waals surface area (Å²) in [7, 11) is 0. The molecule has 1 aromatic carbocycles. The van der Waals surface area contributed by atoms with Crippen LogP contribution in [0.25, 0.3) is 0 Å². The van der Waals surface area contributed by atoms with Gasteiger partial charge in [-0.3, -0.25) is 9.59 Å². The lowest BCUT2D eigenvalue weighted by Crippen LogP contribution is -2.25. The van der Waals surface area contributed by atoms with E-state index in [4.69, 9.17) is 0 Å². The van der Waals surface area contributed by atoms with E-state index in [1.165, 1.54) is 0 Å². The van der Waals surface area contributed by atoms with Gasteiger partial charge in [-0.2, -0.15) is 0 Å². The lowest BCUT2D eigenvalue weighted by Gasteiger charge is -2.02. The third-order valence-corrected chi connectivity index (χ3v) is 2.20. The topological polar surface area (TPSA) is 46.2 Å². The average molecular weight is 189 g/mol. The highest BCUT2D eigenvalue weighted by Gasteiger charge is 2.23. The Hall–Kier alpha value is -1.64. The summed E-state index contributed by atoms with van der Waals surface area (Å²) in [5.74, 6) is -0.0869. The van der Waals surface area contributed by atoms with Crippen LogP contribution in [0, 0.1) is 0 Å². The van der Waals surface area contributed by atoms with Crippen molar-refractivity contribution in [2.75, 3.05) is 0 Å². The lowest BCUT2D eigenvalue weighted by molar-refractivity contribution is 0.0951. The van der Waals surface area contributed by atoms with E-state index in [2.05, 4.69) is 5.32 Å². The van der Waals surface area contributed by atoms with E-state index < -0.39 is 0 Å². The maximum Gasteiger partial charge on any atom is 0.251 e. The Labute approximate surface area is 82.1 Å². The summed E-state index contributed by atoms with van der Waals surface area (Å²) in [5.41, 5.74) is 1.09. The molecule has 0 heterocycles. The van der Waals surface area contributed by atoms with Gasteiger partial charge in [-0.05, 0) is 25.0 Å². The van der Waals surface area contributed by atoms with Gasteiger partial charge in [0.1, 0.15) is 6.29 Å². The molecule has 1 fully saturated rings. The smallest absolute Gasteiger partial charge is 0.251 e. The van der Waals surface area contributed by atoms with Crippen molar-refractivity contribution in [1.82, 2.24) is 5.32 Å². The monoisotopic (exact) mass is 189 g/mol. The van der Waals surface area contributed by atoms with E-state index in [1.807, 2.05) is 0 Å². The average Bonchev–Trinajstić information content (AvgIpc) is 3.02. The minimum Gasteiger partial charge on any atom is -0.349 e. The van der Waals surface area contributed by atoms with E-state index >= 15 is 0 Å². The van der Waals surface area contributed by atoms with Crippen LogP contribution >= 0.6 is 0 Å². The van der Waals surface area contributed by atoms with Crippen LogP contribution in [0.4, 0.5) is 0 Å². The zero-order chi connectivity index (χ0) is 9.97. The summed E-state index contributed by atoms with van der Waals surface area (Å²) in [5, 5.41) is 2.87. The summed E-state index contributed by atoms with van der Waals surface area (Å²) < 4.78 is 0. The largest absolute Gasteiger partial charge is 0.349 e. The summed E-state index contributed by atoms with van der Waals surface area (Å²) in [6, 6.07) is 7.06. The molecule has 1 aromatic rings. The van der Waals surface area contributed by atoms with E-state index in [0.717, 1.165) is 19.1 Å². The van der Waals surface area contributed by atoms with Gasteiger partial charge in [-0.15, -0.1) is 0 Å². The molecule has 0 spiro atoms. The van der Waals surface area contributed by atoms with Crippen LogP contribution in [0.3, 0.4) is 0 Å². The number of carbonyl (C=O) groups is 2. The molecule has 2 rings (SSSR count). The maximum atomic E-state index is 11.5. The third kappa shape index (κ3) is 1.99. The van der Waals surface area contributed by atoms with E-state index in [-0.39, 0.29) is 5.91 Å². The van der Waals surface area contributed by atoms with Crippen LogP contribution in [0.5, 0.6) is 0 Å². The van der Waals surface area contributed by atoms with E-state index in [9.17, 15) is 9.59 Å². The Balaban J connectivity index is 2.12. The summed E-state index contributed by atoms with van der Waals surface area (Å²) in [6.07, 6.45) is 2.88. The molecule has 72 valence electrons. The first-order valence-corrected chi connectivity index (χ1v) is 4.66. The van der Waals surface area contributed by atoms with Crippen molar-refractivity contribution < 1.29 is 9.59 Å². The fourth-order valence-electron chi connectivity index (χ4n) is 1.25. The molecule has 0 radical (unpaired) electrons. The number of benzene rings is 1. The van der Waals surface area contributed by atoms with Gasteiger partial charge in [-0.1, -0.05) is 12.1 Å². The summed E-state index contributed by atoms with van der Waals surface area (Å²) >= 11 is 0. The first-order chi connectivity index (χ1) is 6.79. The van der Waals surface area contributed by atoms with Crippen molar-refractivity contribution in [2.24, 2.45) is 0 Å². The second-order valence-electron chi connectivity index (χ2n) is 3.49. The molecular formula is C11H11NO2. The fraction of sp³-hybridized carbons (Fsp3) is 0.273. The van der Waals surface area contributed by atoms with Gasteiger partial charge < -0.3 is 5.32 Å². The zero-order valence-corrected chi connectivity index (χ0v) is 7.69. The second-order valence-corrected chi connectivity index (χ2v) is 3.49. The van der Waals surface area contributed by atoms with Gasteiger partial charge in [0.05, 0.1) is 0 Å². The Kier molecular flexibility index (Phi) is 2.31. The highest BCUT2D eigenvalue weighted by molar-refractivity contribution is 5.96. The van der Waals surface area contributed by atoms with Crippen molar-refractivity contribution in [3.63, 3.8) is 0 Å². The molecule has 0 saturated heterocycles. The highest BCUT2D eigenvalue weighted by atomic mass is 16.1. The van der Waals surface area contributed by atoms with Crippen molar-refractivity contribution in [3.8, 4) is 0 Å². The molecule has 0 bridgehead atoms. The van der Waals surface area contributed by atoms with Crippen LogP contribution in [0.2, 0.25) is 0 Å². The van der Waals surface area contributed by atoms with Crippen LogP contribution in [-0.4, -0.2) is 18.2 Å². The molecular weight excluding hydrogens is 178 g/mol. The third-order valence-electron chi connectivity index (χ3n) is 2.20. The fourth-order valence-corrected chi connectivity index (χ4v) is 1.25. The summed E-state index contributed by atoms with van der Waals surface area (Å²) in [4.78, 5) is 22.0. The van der Waals surface area contributed by atoms with Gasteiger partial charge >= 0.3 is 0 Å². The zero-order valence-electron chi connectivity index (χ0n) is 7.69. The van der Waals surface area contributed by atoms with Crippen LogP contribution < -0.4 is 5.32 Å². The molecule has 1 saturated carbocycles.